The largest absolute Gasteiger partial charge is 0.481 e. The normalized spacial score (nSPS) is 34.3. The number of likely N-dealkylation sites (tertiary alicyclic amines) is 1. The average molecular weight is 225 g/mol. The number of amides is 1. The first-order chi connectivity index (χ1) is 7.58. The third-order valence-electron chi connectivity index (χ3n) is 4.22. The zero-order valence-corrected chi connectivity index (χ0v) is 9.74. The van der Waals surface area contributed by atoms with Crippen LogP contribution in [0.1, 0.15) is 45.4 Å². The number of carboxylic acid groups (broad SMARTS) is 1. The molecular formula is C12H19NO3. The van der Waals surface area contributed by atoms with Gasteiger partial charge in [-0.25, -0.2) is 0 Å². The number of fused-ring (bicyclic) bond motifs is 1. The van der Waals surface area contributed by atoms with Crippen molar-refractivity contribution < 1.29 is 14.7 Å². The summed E-state index contributed by atoms with van der Waals surface area (Å²) >= 11 is 0. The van der Waals surface area contributed by atoms with Gasteiger partial charge >= 0.3 is 5.97 Å². The van der Waals surface area contributed by atoms with Gasteiger partial charge in [0.25, 0.3) is 0 Å². The molecule has 2 atom stereocenters. The molecule has 1 heterocycles. The lowest BCUT2D eigenvalue weighted by Gasteiger charge is -2.50. The summed E-state index contributed by atoms with van der Waals surface area (Å²) in [6, 6.07) is -0.0648. The van der Waals surface area contributed by atoms with Crippen molar-refractivity contribution in [1.82, 2.24) is 4.90 Å². The third kappa shape index (κ3) is 1.60. The summed E-state index contributed by atoms with van der Waals surface area (Å²) in [7, 11) is 0. The Labute approximate surface area is 95.6 Å². The fraction of sp³-hybridized carbons (Fsp3) is 0.833. The van der Waals surface area contributed by atoms with E-state index in [2.05, 4.69) is 0 Å². The predicted molar refractivity (Wildman–Crippen MR) is 58.9 cm³/mol. The Morgan fingerprint density at radius 1 is 1.25 bits per heavy atom. The second-order valence-corrected chi connectivity index (χ2v) is 5.04. The maximum Gasteiger partial charge on any atom is 0.311 e. The number of carbonyl (C=O) groups is 2. The van der Waals surface area contributed by atoms with Gasteiger partial charge in [-0.1, -0.05) is 12.8 Å². The van der Waals surface area contributed by atoms with Crippen molar-refractivity contribution in [3.8, 4) is 0 Å². The molecule has 16 heavy (non-hydrogen) atoms. The topological polar surface area (TPSA) is 57.6 Å². The molecule has 1 saturated heterocycles. The van der Waals surface area contributed by atoms with E-state index in [1.54, 1.807) is 11.8 Å². The molecule has 1 amide bonds. The molecule has 0 unspecified atom stereocenters. The highest BCUT2D eigenvalue weighted by atomic mass is 16.4. The standard InChI is InChI=1S/C12H19NO3/c1-9(14)13-8-4-7-12(11(15)16)6-3-2-5-10(12)13/h10H,2-8H2,1H3,(H,15,16)/t10-,12-/m1/s1. The minimum Gasteiger partial charge on any atom is -0.481 e. The Morgan fingerprint density at radius 2 is 1.94 bits per heavy atom. The summed E-state index contributed by atoms with van der Waals surface area (Å²) in [4.78, 5) is 24.9. The molecule has 0 radical (unpaired) electrons. The number of carboxylic acids is 1. The van der Waals surface area contributed by atoms with E-state index in [0.717, 1.165) is 45.1 Å². The van der Waals surface area contributed by atoms with Crippen molar-refractivity contribution in [2.24, 2.45) is 5.41 Å². The fourth-order valence-corrected chi connectivity index (χ4v) is 3.42. The molecule has 1 saturated carbocycles. The van der Waals surface area contributed by atoms with Crippen molar-refractivity contribution in [1.29, 1.82) is 0 Å². The molecule has 0 spiro atoms. The highest BCUT2D eigenvalue weighted by Gasteiger charge is 2.51. The molecule has 0 aromatic carbocycles. The molecule has 1 aliphatic carbocycles. The Hall–Kier alpha value is -1.06. The first kappa shape index (κ1) is 11.4. The van der Waals surface area contributed by atoms with Gasteiger partial charge in [-0.15, -0.1) is 0 Å². The summed E-state index contributed by atoms with van der Waals surface area (Å²) in [5.41, 5.74) is -0.651. The van der Waals surface area contributed by atoms with Gasteiger partial charge in [-0.05, 0) is 25.7 Å². The molecule has 2 rings (SSSR count). The van der Waals surface area contributed by atoms with E-state index in [-0.39, 0.29) is 11.9 Å². The highest BCUT2D eigenvalue weighted by Crippen LogP contribution is 2.46. The van der Waals surface area contributed by atoms with Gasteiger partial charge in [-0.3, -0.25) is 9.59 Å². The van der Waals surface area contributed by atoms with Gasteiger partial charge < -0.3 is 10.0 Å². The van der Waals surface area contributed by atoms with Gasteiger partial charge in [0.1, 0.15) is 0 Å². The lowest BCUT2D eigenvalue weighted by Crippen LogP contribution is -2.58. The van der Waals surface area contributed by atoms with E-state index in [9.17, 15) is 14.7 Å². The van der Waals surface area contributed by atoms with E-state index in [4.69, 9.17) is 0 Å². The molecular weight excluding hydrogens is 206 g/mol. The zero-order valence-electron chi connectivity index (χ0n) is 9.74. The lowest BCUT2D eigenvalue weighted by molar-refractivity contribution is -0.164. The average Bonchev–Trinajstić information content (AvgIpc) is 2.27. The van der Waals surface area contributed by atoms with Crippen LogP contribution in [-0.2, 0) is 9.59 Å². The van der Waals surface area contributed by atoms with Crippen LogP contribution in [0, 0.1) is 5.41 Å². The van der Waals surface area contributed by atoms with Gasteiger partial charge in [0.05, 0.1) is 5.41 Å². The minimum absolute atomic E-state index is 0.0252. The molecule has 4 nitrogen and oxygen atoms in total. The van der Waals surface area contributed by atoms with Crippen molar-refractivity contribution in [2.75, 3.05) is 6.54 Å². The molecule has 4 heteroatoms. The first-order valence-corrected chi connectivity index (χ1v) is 6.08. The van der Waals surface area contributed by atoms with Gasteiger partial charge in [0, 0.05) is 19.5 Å². The van der Waals surface area contributed by atoms with Gasteiger partial charge in [0.2, 0.25) is 5.91 Å². The number of aliphatic carboxylic acids is 1. The third-order valence-corrected chi connectivity index (χ3v) is 4.22. The number of piperidine rings is 1. The second-order valence-electron chi connectivity index (χ2n) is 5.04. The van der Waals surface area contributed by atoms with Gasteiger partial charge in [0.15, 0.2) is 0 Å². The van der Waals surface area contributed by atoms with Crippen LogP contribution in [0.5, 0.6) is 0 Å². The van der Waals surface area contributed by atoms with Crippen LogP contribution in [-0.4, -0.2) is 34.5 Å². The predicted octanol–water partition coefficient (Wildman–Crippen LogP) is 1.64. The molecule has 90 valence electrons. The smallest absolute Gasteiger partial charge is 0.311 e. The second kappa shape index (κ2) is 4.07. The summed E-state index contributed by atoms with van der Waals surface area (Å²) < 4.78 is 0. The van der Waals surface area contributed by atoms with E-state index >= 15 is 0 Å². The molecule has 1 N–H and O–H groups in total. The monoisotopic (exact) mass is 225 g/mol. The van der Waals surface area contributed by atoms with Crippen LogP contribution in [0.25, 0.3) is 0 Å². The summed E-state index contributed by atoms with van der Waals surface area (Å²) in [5, 5.41) is 9.49. The Kier molecular flexibility index (Phi) is 2.91. The van der Waals surface area contributed by atoms with E-state index in [1.807, 2.05) is 0 Å². The summed E-state index contributed by atoms with van der Waals surface area (Å²) in [5.74, 6) is -0.680. The number of rotatable bonds is 1. The molecule has 2 aliphatic rings. The highest BCUT2D eigenvalue weighted by molar-refractivity contribution is 5.79. The van der Waals surface area contributed by atoms with Crippen LogP contribution in [0.3, 0.4) is 0 Å². The summed E-state index contributed by atoms with van der Waals surface area (Å²) in [6.07, 6.45) is 5.17. The lowest BCUT2D eigenvalue weighted by atomic mass is 9.65. The molecule has 0 aromatic rings. The van der Waals surface area contributed by atoms with Crippen LogP contribution in [0.4, 0.5) is 0 Å². The first-order valence-electron chi connectivity index (χ1n) is 6.08. The minimum atomic E-state index is -0.705. The number of hydrogen-bond acceptors (Lipinski definition) is 2. The van der Waals surface area contributed by atoms with Gasteiger partial charge in [-0.2, -0.15) is 0 Å². The fourth-order valence-electron chi connectivity index (χ4n) is 3.42. The number of hydrogen-bond donors (Lipinski definition) is 1. The Morgan fingerprint density at radius 3 is 2.56 bits per heavy atom. The quantitative estimate of drug-likeness (QED) is 0.738. The van der Waals surface area contributed by atoms with E-state index in [0.29, 0.717) is 0 Å². The van der Waals surface area contributed by atoms with Crippen LogP contribution < -0.4 is 0 Å². The molecule has 1 aliphatic heterocycles. The number of nitrogens with zero attached hydrogens (tertiary/aromatic N) is 1. The maximum atomic E-state index is 11.6. The molecule has 2 fully saturated rings. The van der Waals surface area contributed by atoms with Crippen molar-refractivity contribution >= 4 is 11.9 Å². The molecule has 0 bridgehead atoms. The Balaban J connectivity index is 2.31. The number of carbonyl (C=O) groups excluding carboxylic acids is 1. The molecule has 0 aromatic heterocycles. The zero-order chi connectivity index (χ0) is 11.8. The van der Waals surface area contributed by atoms with Crippen LogP contribution in [0.15, 0.2) is 0 Å². The van der Waals surface area contributed by atoms with E-state index in [1.165, 1.54) is 0 Å². The van der Waals surface area contributed by atoms with Crippen LogP contribution >= 0.6 is 0 Å². The Bertz CT molecular complexity index is 311. The SMILES string of the molecule is CC(=O)N1CCC[C@]2(C(=O)O)CCCC[C@@H]12. The van der Waals surface area contributed by atoms with Crippen molar-refractivity contribution in [3.05, 3.63) is 0 Å². The van der Waals surface area contributed by atoms with Crippen LogP contribution in [0.2, 0.25) is 0 Å². The summed E-state index contributed by atoms with van der Waals surface area (Å²) in [6.45, 7) is 2.28. The van der Waals surface area contributed by atoms with Crippen molar-refractivity contribution in [2.45, 2.75) is 51.5 Å². The maximum absolute atomic E-state index is 11.6. The van der Waals surface area contributed by atoms with Crippen molar-refractivity contribution in [3.63, 3.8) is 0 Å². The van der Waals surface area contributed by atoms with E-state index < -0.39 is 11.4 Å².